The van der Waals surface area contributed by atoms with Crippen LogP contribution in [0.15, 0.2) is 85.5 Å². The number of rotatable bonds is 17. The van der Waals surface area contributed by atoms with Gasteiger partial charge in [0.15, 0.2) is 29.3 Å². The lowest BCUT2D eigenvalue weighted by atomic mass is 10.1. The monoisotopic (exact) mass is 830 g/mol. The van der Waals surface area contributed by atoms with Gasteiger partial charge in [-0.2, -0.15) is 0 Å². The summed E-state index contributed by atoms with van der Waals surface area (Å²) < 4.78 is 34.2. The van der Waals surface area contributed by atoms with Crippen LogP contribution in [0.4, 0.5) is 37.3 Å². The molecule has 6 rings (SSSR count). The van der Waals surface area contributed by atoms with E-state index in [4.69, 9.17) is 28.4 Å². The van der Waals surface area contributed by atoms with Gasteiger partial charge in [0.05, 0.1) is 47.0 Å². The van der Waals surface area contributed by atoms with Crippen LogP contribution in [0.3, 0.4) is 0 Å². The number of hydrogen-bond acceptors (Lipinski definition) is 18. The van der Waals surface area contributed by atoms with Crippen molar-refractivity contribution in [3.63, 3.8) is 0 Å². The third-order valence-corrected chi connectivity index (χ3v) is 8.92. The maximum atomic E-state index is 12.9. The number of carbonyl (C=O) groups excluding carboxylic acids is 3. The number of benzene rings is 3. The maximum absolute atomic E-state index is 12.9. The van der Waals surface area contributed by atoms with Crippen LogP contribution in [0.25, 0.3) is 11.2 Å². The van der Waals surface area contributed by atoms with Crippen molar-refractivity contribution in [2.75, 3.05) is 31.7 Å². The molecule has 1 saturated heterocycles. The summed E-state index contributed by atoms with van der Waals surface area (Å²) in [5, 5.41) is 35.2. The fourth-order valence-corrected chi connectivity index (χ4v) is 5.92. The van der Waals surface area contributed by atoms with E-state index < -0.39 is 51.6 Å². The lowest BCUT2D eigenvalue weighted by Crippen LogP contribution is -2.26. The van der Waals surface area contributed by atoms with Crippen molar-refractivity contribution < 1.29 is 57.6 Å². The number of hydrogen-bond donors (Lipinski definition) is 1. The van der Waals surface area contributed by atoms with E-state index in [1.54, 1.807) is 24.3 Å². The number of carbonyl (C=O) groups is 3. The van der Waals surface area contributed by atoms with Crippen molar-refractivity contribution in [3.8, 4) is 0 Å². The Labute approximate surface area is 337 Å². The van der Waals surface area contributed by atoms with Gasteiger partial charge in [0.1, 0.15) is 12.9 Å². The molecule has 0 unspecified atom stereocenters. The third kappa shape index (κ3) is 11.2. The third-order valence-electron chi connectivity index (χ3n) is 8.92. The van der Waals surface area contributed by atoms with E-state index in [0.29, 0.717) is 16.7 Å². The number of amides is 1. The summed E-state index contributed by atoms with van der Waals surface area (Å²) in [6, 6.07) is 17.3. The van der Waals surface area contributed by atoms with Gasteiger partial charge >= 0.3 is 18.4 Å². The molecule has 3 aromatic carbocycles. The molecule has 0 saturated carbocycles. The van der Waals surface area contributed by atoms with Crippen LogP contribution in [-0.2, 0) is 47.7 Å². The standard InChI is InChI=1S/C37H34N8O15/c46-35(55-16-13-23-1-7-26(8-2-23)43(49)50)41-32-31-33(39-21-38-32)42(22-40-31)34-30(60-37(48)57-18-15-25-5-11-28(12-6-25)45(53)54)19-29(59-34)20-58-36(47)56-17-14-24-3-9-27(10-4-24)44(51)52/h1-12,21-22,29-30,34H,13-20H2,(H,38,39,41,46)/t29-,30+,34+/m0/s1. The number of nitrogens with one attached hydrogen (secondary N) is 1. The van der Waals surface area contributed by atoms with Crippen LogP contribution < -0.4 is 5.32 Å². The average Bonchev–Trinajstić information content (AvgIpc) is 3.85. The van der Waals surface area contributed by atoms with E-state index in [9.17, 15) is 44.7 Å². The Kier molecular flexibility index (Phi) is 13.6. The summed E-state index contributed by atoms with van der Waals surface area (Å²) in [5.41, 5.74) is 2.13. The fourth-order valence-electron chi connectivity index (χ4n) is 5.92. The second-order valence-corrected chi connectivity index (χ2v) is 12.9. The molecule has 312 valence electrons. The van der Waals surface area contributed by atoms with Crippen molar-refractivity contribution in [3.05, 3.63) is 132 Å². The predicted molar refractivity (Wildman–Crippen MR) is 203 cm³/mol. The van der Waals surface area contributed by atoms with Crippen molar-refractivity contribution in [1.82, 2.24) is 19.5 Å². The van der Waals surface area contributed by atoms with E-state index in [0.717, 1.165) is 6.33 Å². The lowest BCUT2D eigenvalue weighted by Gasteiger charge is -2.20. The summed E-state index contributed by atoms with van der Waals surface area (Å²) in [7, 11) is 0. The maximum Gasteiger partial charge on any atom is 0.508 e. The first-order valence-electron chi connectivity index (χ1n) is 18.0. The second kappa shape index (κ2) is 19.6. The quantitative estimate of drug-likeness (QED) is 0.0502. The molecule has 1 fully saturated rings. The van der Waals surface area contributed by atoms with Gasteiger partial charge in [-0.15, -0.1) is 0 Å². The Hall–Kier alpha value is -7.82. The highest BCUT2D eigenvalue weighted by Crippen LogP contribution is 2.34. The molecule has 2 aromatic heterocycles. The van der Waals surface area contributed by atoms with Crippen LogP contribution in [0.1, 0.15) is 29.3 Å². The smallest absolute Gasteiger partial charge is 0.449 e. The second-order valence-electron chi connectivity index (χ2n) is 12.9. The minimum Gasteiger partial charge on any atom is -0.449 e. The molecule has 0 radical (unpaired) electrons. The van der Waals surface area contributed by atoms with Gasteiger partial charge in [0.2, 0.25) is 0 Å². The molecule has 23 nitrogen and oxygen atoms in total. The first-order valence-corrected chi connectivity index (χ1v) is 18.0. The Bertz CT molecular complexity index is 2340. The summed E-state index contributed by atoms with van der Waals surface area (Å²) in [4.78, 5) is 81.9. The number of fused-ring (bicyclic) bond motifs is 1. The number of aromatic nitrogens is 4. The number of nitro groups is 3. The van der Waals surface area contributed by atoms with Crippen molar-refractivity contribution in [1.29, 1.82) is 0 Å². The van der Waals surface area contributed by atoms with Gasteiger partial charge < -0.3 is 28.4 Å². The minimum atomic E-state index is -1.10. The molecule has 3 atom stereocenters. The van der Waals surface area contributed by atoms with Crippen LogP contribution in [-0.4, -0.2) is 91.3 Å². The van der Waals surface area contributed by atoms with Crippen molar-refractivity contribution >= 4 is 52.4 Å². The largest absolute Gasteiger partial charge is 0.508 e. The molecular formula is C37H34N8O15. The summed E-state index contributed by atoms with van der Waals surface area (Å²) in [5.74, 6) is -0.0171. The predicted octanol–water partition coefficient (Wildman–Crippen LogP) is 5.79. The lowest BCUT2D eigenvalue weighted by molar-refractivity contribution is -0.385. The van der Waals surface area contributed by atoms with Crippen LogP contribution >= 0.6 is 0 Å². The number of nitrogens with zero attached hydrogens (tertiary/aromatic N) is 7. The molecule has 0 spiro atoms. The highest BCUT2D eigenvalue weighted by Gasteiger charge is 2.41. The molecular weight excluding hydrogens is 796 g/mol. The van der Waals surface area contributed by atoms with Gasteiger partial charge in [-0.1, -0.05) is 36.4 Å². The molecule has 5 aromatic rings. The number of anilines is 1. The molecule has 3 heterocycles. The van der Waals surface area contributed by atoms with Gasteiger partial charge in [0, 0.05) is 62.1 Å². The van der Waals surface area contributed by atoms with E-state index in [1.165, 1.54) is 59.4 Å². The van der Waals surface area contributed by atoms with Gasteiger partial charge in [-0.05, 0) is 16.7 Å². The molecule has 1 amide bonds. The average molecular weight is 831 g/mol. The molecule has 0 bridgehead atoms. The Balaban J connectivity index is 1.07. The number of nitro benzene ring substituents is 3. The van der Waals surface area contributed by atoms with Crippen molar-refractivity contribution in [2.24, 2.45) is 0 Å². The highest BCUT2D eigenvalue weighted by molar-refractivity contribution is 5.93. The van der Waals surface area contributed by atoms with Crippen LogP contribution in [0.5, 0.6) is 0 Å². The number of ether oxygens (including phenoxy) is 6. The summed E-state index contributed by atoms with van der Waals surface area (Å²) in [6.07, 6.45) is -2.64. The summed E-state index contributed by atoms with van der Waals surface area (Å²) in [6.45, 7) is -0.565. The number of non-ortho nitro benzene ring substituents is 3. The van der Waals surface area contributed by atoms with Gasteiger partial charge in [0.25, 0.3) is 17.1 Å². The van der Waals surface area contributed by atoms with Crippen LogP contribution in [0, 0.1) is 30.3 Å². The van der Waals surface area contributed by atoms with Gasteiger partial charge in [-0.25, -0.2) is 29.3 Å². The molecule has 0 aliphatic carbocycles. The highest BCUT2D eigenvalue weighted by atomic mass is 16.7. The Morgan fingerprint density at radius 3 is 1.70 bits per heavy atom. The molecule has 1 aliphatic rings. The van der Waals surface area contributed by atoms with Crippen LogP contribution in [0.2, 0.25) is 0 Å². The van der Waals surface area contributed by atoms with Crippen molar-refractivity contribution in [2.45, 2.75) is 44.1 Å². The Morgan fingerprint density at radius 1 is 0.683 bits per heavy atom. The topological polar surface area (TPSA) is 292 Å². The first kappa shape index (κ1) is 41.8. The first-order chi connectivity index (χ1) is 28.9. The summed E-state index contributed by atoms with van der Waals surface area (Å²) >= 11 is 0. The van der Waals surface area contributed by atoms with E-state index in [1.807, 2.05) is 0 Å². The SMILES string of the molecule is O=C(Nc1ncnc2c1ncn2[C@@H]1O[C@H](COC(=O)OCCc2ccc([N+](=O)[O-])cc2)C[C@H]1OC(=O)OCCc1ccc([N+](=O)[O-])cc1)OCCc1ccc([N+](=O)[O-])cc1. The molecule has 23 heteroatoms. The molecule has 1 N–H and O–H groups in total. The molecule has 60 heavy (non-hydrogen) atoms. The van der Waals surface area contributed by atoms with E-state index >= 15 is 0 Å². The van der Waals surface area contributed by atoms with E-state index in [2.05, 4.69) is 20.3 Å². The van der Waals surface area contributed by atoms with E-state index in [-0.39, 0.29) is 86.2 Å². The zero-order valence-electron chi connectivity index (χ0n) is 31.2. The normalized spacial score (nSPS) is 15.8. The Morgan fingerprint density at radius 2 is 1.18 bits per heavy atom. The number of imidazole rings is 1. The zero-order chi connectivity index (χ0) is 42.6. The fraction of sp³-hybridized carbons (Fsp3) is 0.297. The van der Waals surface area contributed by atoms with Gasteiger partial charge in [-0.3, -0.25) is 40.2 Å². The minimum absolute atomic E-state index is 0.00907. The molecule has 1 aliphatic heterocycles. The zero-order valence-corrected chi connectivity index (χ0v) is 31.2.